The number of rotatable bonds is 3. The molecule has 1 aliphatic rings. The van der Waals surface area contributed by atoms with Crippen LogP contribution in [0.3, 0.4) is 0 Å². The first-order chi connectivity index (χ1) is 7.89. The predicted octanol–water partition coefficient (Wildman–Crippen LogP) is 1.91. The van der Waals surface area contributed by atoms with Crippen LogP contribution in [0, 0.1) is 11.7 Å². The molecule has 2 rings (SSSR count). The van der Waals surface area contributed by atoms with Gasteiger partial charge < -0.3 is 10.2 Å². The topological polar surface area (TPSA) is 74.6 Å². The summed E-state index contributed by atoms with van der Waals surface area (Å²) in [6.07, 6.45) is -0.0248. The third-order valence-corrected chi connectivity index (χ3v) is 3.37. The molecule has 0 amide bonds. The van der Waals surface area contributed by atoms with Crippen LogP contribution >= 0.6 is 11.6 Å². The lowest BCUT2D eigenvalue weighted by molar-refractivity contribution is -0.145. The highest BCUT2D eigenvalue weighted by Crippen LogP contribution is 2.56. The van der Waals surface area contributed by atoms with E-state index in [0.29, 0.717) is 0 Å². The molecule has 2 unspecified atom stereocenters. The molecule has 0 aliphatic heterocycles. The largest absolute Gasteiger partial charge is 0.481 e. The molecule has 0 heterocycles. The van der Waals surface area contributed by atoms with Gasteiger partial charge in [-0.25, -0.2) is 4.39 Å². The number of carboxylic acid groups (broad SMARTS) is 2. The van der Waals surface area contributed by atoms with Crippen LogP contribution in [0.1, 0.15) is 12.0 Å². The second-order valence-electron chi connectivity index (χ2n) is 4.00. The summed E-state index contributed by atoms with van der Waals surface area (Å²) in [4.78, 5) is 22.1. The molecule has 1 aliphatic carbocycles. The van der Waals surface area contributed by atoms with E-state index in [1.165, 1.54) is 6.07 Å². The van der Waals surface area contributed by atoms with Crippen molar-refractivity contribution in [1.82, 2.24) is 0 Å². The lowest BCUT2D eigenvalue weighted by Gasteiger charge is -2.13. The van der Waals surface area contributed by atoms with E-state index in [1.54, 1.807) is 0 Å². The molecule has 90 valence electrons. The van der Waals surface area contributed by atoms with E-state index >= 15 is 0 Å². The maximum absolute atomic E-state index is 12.9. The van der Waals surface area contributed by atoms with E-state index in [9.17, 15) is 14.0 Å². The Balaban J connectivity index is 2.50. The third kappa shape index (κ3) is 1.67. The Kier molecular flexibility index (Phi) is 2.58. The normalized spacial score (nSPS) is 26.6. The second kappa shape index (κ2) is 3.70. The van der Waals surface area contributed by atoms with E-state index in [1.807, 2.05) is 0 Å². The number of hydrogen-bond donors (Lipinski definition) is 2. The Labute approximate surface area is 101 Å². The first kappa shape index (κ1) is 11.9. The van der Waals surface area contributed by atoms with Crippen LogP contribution in [0.2, 0.25) is 5.02 Å². The molecule has 2 N–H and O–H groups in total. The molecule has 0 bridgehead atoms. The van der Waals surface area contributed by atoms with Crippen molar-refractivity contribution >= 4 is 23.5 Å². The lowest BCUT2D eigenvalue weighted by atomic mass is 9.93. The minimum absolute atomic E-state index is 0.0248. The van der Waals surface area contributed by atoms with Crippen LogP contribution < -0.4 is 0 Å². The number of benzene rings is 1. The Bertz CT molecular complexity index is 516. The van der Waals surface area contributed by atoms with Crippen molar-refractivity contribution in [2.24, 2.45) is 5.92 Å². The highest BCUT2D eigenvalue weighted by Gasteiger charge is 2.66. The molecule has 0 radical (unpaired) electrons. The molecule has 6 heteroatoms. The minimum Gasteiger partial charge on any atom is -0.481 e. The monoisotopic (exact) mass is 258 g/mol. The highest BCUT2D eigenvalue weighted by molar-refractivity contribution is 6.32. The standard InChI is InChI=1S/C11H8ClFO4/c12-8-3-5(13)1-2-6(8)11(10(16)17)4-7(11)9(14)15/h1-3,7H,4H2,(H,14,15)(H,16,17). The number of carbonyl (C=O) groups is 2. The van der Waals surface area contributed by atoms with Crippen LogP contribution in [-0.4, -0.2) is 22.2 Å². The summed E-state index contributed by atoms with van der Waals surface area (Å²) in [5.41, 5.74) is -1.36. The van der Waals surface area contributed by atoms with Crippen molar-refractivity contribution in [2.75, 3.05) is 0 Å². The van der Waals surface area contributed by atoms with Crippen LogP contribution in [0.15, 0.2) is 18.2 Å². The van der Waals surface area contributed by atoms with E-state index in [4.69, 9.17) is 21.8 Å². The van der Waals surface area contributed by atoms with Gasteiger partial charge in [0.25, 0.3) is 0 Å². The first-order valence-electron chi connectivity index (χ1n) is 4.81. The molecule has 1 aromatic carbocycles. The van der Waals surface area contributed by atoms with Gasteiger partial charge in [-0.2, -0.15) is 0 Å². The predicted molar refractivity (Wildman–Crippen MR) is 56.5 cm³/mol. The van der Waals surface area contributed by atoms with Crippen molar-refractivity contribution in [1.29, 1.82) is 0 Å². The van der Waals surface area contributed by atoms with Crippen molar-refractivity contribution in [3.05, 3.63) is 34.6 Å². The zero-order chi connectivity index (χ0) is 12.8. The van der Waals surface area contributed by atoms with Gasteiger partial charge in [0.2, 0.25) is 0 Å². The van der Waals surface area contributed by atoms with Gasteiger partial charge in [0.1, 0.15) is 11.2 Å². The molecule has 0 spiro atoms. The fraction of sp³-hybridized carbons (Fsp3) is 0.273. The van der Waals surface area contributed by atoms with Gasteiger partial charge in [-0.15, -0.1) is 0 Å². The van der Waals surface area contributed by atoms with Gasteiger partial charge in [0, 0.05) is 5.02 Å². The molecular formula is C11H8ClFO4. The first-order valence-corrected chi connectivity index (χ1v) is 5.19. The van der Waals surface area contributed by atoms with Gasteiger partial charge in [0.15, 0.2) is 0 Å². The SMILES string of the molecule is O=C(O)C1CC1(C(=O)O)c1ccc(F)cc1Cl. The summed E-state index contributed by atoms with van der Waals surface area (Å²) in [5, 5.41) is 18.0. The summed E-state index contributed by atoms with van der Waals surface area (Å²) in [6, 6.07) is 3.29. The number of carboxylic acids is 2. The quantitative estimate of drug-likeness (QED) is 0.868. The van der Waals surface area contributed by atoms with E-state index in [0.717, 1.165) is 12.1 Å². The summed E-state index contributed by atoms with van der Waals surface area (Å²) in [6.45, 7) is 0. The highest BCUT2D eigenvalue weighted by atomic mass is 35.5. The van der Waals surface area contributed by atoms with Crippen LogP contribution in [0.25, 0.3) is 0 Å². The molecule has 1 fully saturated rings. The maximum Gasteiger partial charge on any atom is 0.315 e. The molecular weight excluding hydrogens is 251 g/mol. The van der Waals surface area contributed by atoms with Gasteiger partial charge in [-0.05, 0) is 24.1 Å². The van der Waals surface area contributed by atoms with Crippen LogP contribution in [0.4, 0.5) is 4.39 Å². The van der Waals surface area contributed by atoms with E-state index < -0.39 is 29.1 Å². The van der Waals surface area contributed by atoms with Gasteiger partial charge in [-0.3, -0.25) is 9.59 Å². The summed E-state index contributed by atoms with van der Waals surface area (Å²) in [7, 11) is 0. The number of halogens is 2. The Hall–Kier alpha value is -1.62. The summed E-state index contributed by atoms with van der Waals surface area (Å²) < 4.78 is 12.9. The number of aliphatic carboxylic acids is 2. The Morgan fingerprint density at radius 3 is 2.47 bits per heavy atom. The fourth-order valence-electron chi connectivity index (χ4n) is 2.06. The molecule has 2 atom stereocenters. The fourth-order valence-corrected chi connectivity index (χ4v) is 2.40. The lowest BCUT2D eigenvalue weighted by Crippen LogP contribution is -2.25. The third-order valence-electron chi connectivity index (χ3n) is 3.05. The zero-order valence-corrected chi connectivity index (χ0v) is 9.24. The average Bonchev–Trinajstić information content (AvgIpc) is 2.93. The van der Waals surface area contributed by atoms with Crippen molar-refractivity contribution in [2.45, 2.75) is 11.8 Å². The van der Waals surface area contributed by atoms with Crippen molar-refractivity contribution in [3.63, 3.8) is 0 Å². The zero-order valence-electron chi connectivity index (χ0n) is 8.48. The Morgan fingerprint density at radius 2 is 2.06 bits per heavy atom. The molecule has 4 nitrogen and oxygen atoms in total. The van der Waals surface area contributed by atoms with Gasteiger partial charge in [0.05, 0.1) is 5.92 Å². The second-order valence-corrected chi connectivity index (χ2v) is 4.40. The Morgan fingerprint density at radius 1 is 1.41 bits per heavy atom. The molecule has 1 aromatic rings. The summed E-state index contributed by atoms with van der Waals surface area (Å²) >= 11 is 5.77. The average molecular weight is 259 g/mol. The maximum atomic E-state index is 12.9. The van der Waals surface area contributed by atoms with Crippen molar-refractivity contribution < 1.29 is 24.2 Å². The van der Waals surface area contributed by atoms with E-state index in [2.05, 4.69) is 0 Å². The molecule has 0 saturated heterocycles. The van der Waals surface area contributed by atoms with Gasteiger partial charge in [-0.1, -0.05) is 17.7 Å². The molecule has 0 aromatic heterocycles. The van der Waals surface area contributed by atoms with Crippen LogP contribution in [-0.2, 0) is 15.0 Å². The molecule has 1 saturated carbocycles. The molecule has 17 heavy (non-hydrogen) atoms. The minimum atomic E-state index is -1.52. The van der Waals surface area contributed by atoms with E-state index in [-0.39, 0.29) is 17.0 Å². The van der Waals surface area contributed by atoms with Crippen LogP contribution in [0.5, 0.6) is 0 Å². The smallest absolute Gasteiger partial charge is 0.315 e. The van der Waals surface area contributed by atoms with Gasteiger partial charge >= 0.3 is 11.9 Å². The summed E-state index contributed by atoms with van der Waals surface area (Å²) in [5.74, 6) is -4.04. The number of hydrogen-bond acceptors (Lipinski definition) is 2. The van der Waals surface area contributed by atoms with Crippen molar-refractivity contribution in [3.8, 4) is 0 Å².